The molecule has 26 heavy (non-hydrogen) atoms. The number of ether oxygens (including phenoxy) is 1. The van der Waals surface area contributed by atoms with Gasteiger partial charge in [-0.15, -0.1) is 0 Å². The number of carbonyl (C=O) groups excluding carboxylic acids is 3. The number of pyridine rings is 1. The van der Waals surface area contributed by atoms with E-state index in [-0.39, 0.29) is 18.2 Å². The maximum atomic E-state index is 13.4. The molecule has 9 heteroatoms. The molecule has 4 fully saturated rings. The number of aromatic nitrogens is 1. The first kappa shape index (κ1) is 17.7. The lowest BCUT2D eigenvalue weighted by Gasteiger charge is -2.57. The fourth-order valence-corrected chi connectivity index (χ4v) is 7.86. The highest BCUT2D eigenvalue weighted by Gasteiger charge is 2.76. The molecule has 4 aliphatic heterocycles. The molecule has 3 unspecified atom stereocenters. The van der Waals surface area contributed by atoms with Crippen molar-refractivity contribution in [3.63, 3.8) is 0 Å². The summed E-state index contributed by atoms with van der Waals surface area (Å²) in [6.07, 6.45) is 3.49. The van der Waals surface area contributed by atoms with Crippen molar-refractivity contribution in [1.82, 2.24) is 14.8 Å². The van der Waals surface area contributed by atoms with E-state index < -0.39 is 27.2 Å². The SMILES string of the molecule is COC(=O)[C@@]1(C)CC23SSC(C)(C(=O)N2C1c1cccnc1)N(C)C3=O. The summed E-state index contributed by atoms with van der Waals surface area (Å²) >= 11 is 0. The Bertz CT molecular complexity index is 821. The predicted molar refractivity (Wildman–Crippen MR) is 97.7 cm³/mol. The number of rotatable bonds is 2. The second-order valence-electron chi connectivity index (χ2n) is 7.25. The standard InChI is InChI=1S/C17H19N3O4S2/c1-15(14(23)24-4)9-17-13(22)19(3)16(2,25-26-17)12(21)20(17)11(15)10-6-5-7-18-8-10/h5-8,11H,9H2,1-4H3/t11?,15-,16?,17?/m0/s1. The van der Waals surface area contributed by atoms with E-state index in [1.165, 1.54) is 33.6 Å². The molecule has 0 radical (unpaired) electrons. The summed E-state index contributed by atoms with van der Waals surface area (Å²) < 4.78 is 5.08. The highest BCUT2D eigenvalue weighted by Crippen LogP contribution is 2.69. The van der Waals surface area contributed by atoms with Crippen molar-refractivity contribution in [1.29, 1.82) is 0 Å². The number of methoxy groups -OCH3 is 1. The number of hydrogen-bond acceptors (Lipinski definition) is 7. The summed E-state index contributed by atoms with van der Waals surface area (Å²) in [6.45, 7) is 3.52. The highest BCUT2D eigenvalue weighted by molar-refractivity contribution is 8.78. The molecule has 0 N–H and O–H groups in total. The zero-order valence-corrected chi connectivity index (χ0v) is 16.5. The third-order valence-corrected chi connectivity index (χ3v) is 9.44. The molecule has 2 bridgehead atoms. The lowest BCUT2D eigenvalue weighted by atomic mass is 9.78. The Hall–Kier alpha value is -1.74. The Balaban J connectivity index is 1.96. The molecule has 1 aromatic rings. The molecule has 1 spiro atoms. The zero-order valence-electron chi connectivity index (χ0n) is 14.9. The monoisotopic (exact) mass is 393 g/mol. The molecular formula is C17H19N3O4S2. The van der Waals surface area contributed by atoms with Gasteiger partial charge in [0.2, 0.25) is 0 Å². The first-order valence-corrected chi connectivity index (χ1v) is 10.3. The minimum Gasteiger partial charge on any atom is -0.469 e. The largest absolute Gasteiger partial charge is 0.469 e. The molecule has 0 saturated carbocycles. The molecule has 5 heterocycles. The number of esters is 1. The van der Waals surface area contributed by atoms with Gasteiger partial charge in [-0.05, 0) is 25.5 Å². The minimum atomic E-state index is -1.11. The minimum absolute atomic E-state index is 0.148. The lowest BCUT2D eigenvalue weighted by molar-refractivity contribution is -0.165. The first-order valence-electron chi connectivity index (χ1n) is 8.19. The van der Waals surface area contributed by atoms with Gasteiger partial charge in [-0.2, -0.15) is 0 Å². The number of nitrogens with zero attached hydrogens (tertiary/aromatic N) is 3. The Morgan fingerprint density at radius 3 is 2.65 bits per heavy atom. The van der Waals surface area contributed by atoms with Crippen LogP contribution in [0.5, 0.6) is 0 Å². The number of likely N-dealkylation sites (N-methyl/N-ethyl adjacent to an activating group) is 1. The van der Waals surface area contributed by atoms with Crippen molar-refractivity contribution in [2.45, 2.75) is 36.1 Å². The van der Waals surface area contributed by atoms with E-state index in [2.05, 4.69) is 4.98 Å². The normalized spacial score (nSPS) is 38.5. The van der Waals surface area contributed by atoms with Crippen LogP contribution in [0.25, 0.3) is 0 Å². The van der Waals surface area contributed by atoms with E-state index in [0.29, 0.717) is 0 Å². The fourth-order valence-electron chi connectivity index (χ4n) is 4.27. The zero-order chi connectivity index (χ0) is 18.9. The van der Waals surface area contributed by atoms with Gasteiger partial charge >= 0.3 is 5.97 Å². The quantitative estimate of drug-likeness (QED) is 0.560. The van der Waals surface area contributed by atoms with Crippen molar-refractivity contribution in [3.05, 3.63) is 30.1 Å². The number of carbonyl (C=O) groups is 3. The molecule has 0 aliphatic carbocycles. The molecule has 0 aromatic carbocycles. The van der Waals surface area contributed by atoms with E-state index in [4.69, 9.17) is 4.74 Å². The topological polar surface area (TPSA) is 79.8 Å². The van der Waals surface area contributed by atoms with Crippen molar-refractivity contribution >= 4 is 39.4 Å². The van der Waals surface area contributed by atoms with Crippen molar-refractivity contribution < 1.29 is 19.1 Å². The van der Waals surface area contributed by atoms with Crippen LogP contribution in [0, 0.1) is 5.41 Å². The van der Waals surface area contributed by atoms with E-state index in [9.17, 15) is 14.4 Å². The van der Waals surface area contributed by atoms with E-state index in [1.54, 1.807) is 44.3 Å². The van der Waals surface area contributed by atoms with Gasteiger partial charge in [-0.3, -0.25) is 19.4 Å². The summed E-state index contributed by atoms with van der Waals surface area (Å²) in [7, 11) is 5.74. The maximum absolute atomic E-state index is 13.4. The third-order valence-electron chi connectivity index (χ3n) is 5.75. The van der Waals surface area contributed by atoms with Crippen molar-refractivity contribution in [2.24, 2.45) is 5.41 Å². The van der Waals surface area contributed by atoms with Crippen LogP contribution in [0.3, 0.4) is 0 Å². The molecule has 7 nitrogen and oxygen atoms in total. The summed E-state index contributed by atoms with van der Waals surface area (Å²) in [6, 6.07) is 2.99. The molecule has 4 aliphatic rings. The first-order chi connectivity index (χ1) is 12.2. The number of piperazine rings is 1. The van der Waals surface area contributed by atoms with Crippen molar-refractivity contribution in [2.75, 3.05) is 14.2 Å². The number of fused-ring (bicyclic) bond motifs is 2. The second-order valence-corrected chi connectivity index (χ2v) is 10.1. The number of amides is 2. The van der Waals surface area contributed by atoms with Crippen LogP contribution < -0.4 is 0 Å². The van der Waals surface area contributed by atoms with Gasteiger partial charge in [0, 0.05) is 25.9 Å². The summed E-state index contributed by atoms with van der Waals surface area (Å²) in [4.78, 5) is 44.7. The van der Waals surface area contributed by atoms with Gasteiger partial charge in [-0.25, -0.2) is 0 Å². The Morgan fingerprint density at radius 1 is 1.31 bits per heavy atom. The van der Waals surface area contributed by atoms with Gasteiger partial charge in [-0.1, -0.05) is 27.7 Å². The lowest BCUT2D eigenvalue weighted by Crippen LogP contribution is -2.73. The molecule has 4 saturated heterocycles. The van der Waals surface area contributed by atoms with Gasteiger partial charge in [0.15, 0.2) is 9.74 Å². The van der Waals surface area contributed by atoms with Crippen LogP contribution in [0.4, 0.5) is 0 Å². The summed E-state index contributed by atoms with van der Waals surface area (Å²) in [5.74, 6) is -0.743. The molecular weight excluding hydrogens is 374 g/mol. The molecule has 4 atom stereocenters. The average Bonchev–Trinajstić information content (AvgIpc) is 2.93. The smallest absolute Gasteiger partial charge is 0.314 e. The van der Waals surface area contributed by atoms with E-state index in [1.807, 2.05) is 6.07 Å². The third kappa shape index (κ3) is 1.87. The van der Waals surface area contributed by atoms with Gasteiger partial charge in [0.05, 0.1) is 18.6 Å². The highest BCUT2D eigenvalue weighted by atomic mass is 33.1. The van der Waals surface area contributed by atoms with Crippen LogP contribution in [-0.4, -0.2) is 56.5 Å². The van der Waals surface area contributed by atoms with Crippen LogP contribution in [0.2, 0.25) is 0 Å². The summed E-state index contributed by atoms with van der Waals surface area (Å²) in [5, 5.41) is 0. The summed E-state index contributed by atoms with van der Waals surface area (Å²) in [5.41, 5.74) is -0.324. The fraction of sp³-hybridized carbons (Fsp3) is 0.529. The van der Waals surface area contributed by atoms with E-state index >= 15 is 0 Å². The van der Waals surface area contributed by atoms with E-state index in [0.717, 1.165) is 5.56 Å². The van der Waals surface area contributed by atoms with Crippen LogP contribution in [0.1, 0.15) is 31.9 Å². The van der Waals surface area contributed by atoms with Crippen molar-refractivity contribution in [3.8, 4) is 0 Å². The molecule has 5 rings (SSSR count). The van der Waals surface area contributed by atoms with Gasteiger partial charge in [0.25, 0.3) is 11.8 Å². The van der Waals surface area contributed by atoms with Gasteiger partial charge in [0.1, 0.15) is 0 Å². The second kappa shape index (κ2) is 5.39. The predicted octanol–water partition coefficient (Wildman–Crippen LogP) is 1.81. The Kier molecular flexibility index (Phi) is 3.66. The number of hydrogen-bond donors (Lipinski definition) is 0. The average molecular weight is 393 g/mol. The van der Waals surface area contributed by atoms with Crippen LogP contribution in [0.15, 0.2) is 24.5 Å². The Morgan fingerprint density at radius 2 is 2.04 bits per heavy atom. The molecule has 138 valence electrons. The molecule has 1 aromatic heterocycles. The Labute approximate surface area is 159 Å². The van der Waals surface area contributed by atoms with Crippen LogP contribution in [-0.2, 0) is 19.1 Å². The maximum Gasteiger partial charge on any atom is 0.314 e. The van der Waals surface area contributed by atoms with Crippen LogP contribution >= 0.6 is 21.6 Å². The molecule has 2 amide bonds. The van der Waals surface area contributed by atoms with Gasteiger partial charge < -0.3 is 14.5 Å².